The van der Waals surface area contributed by atoms with Gasteiger partial charge < -0.3 is 15.2 Å². The highest BCUT2D eigenvalue weighted by Gasteiger charge is 2.23. The van der Waals surface area contributed by atoms with Crippen LogP contribution in [-0.2, 0) is 16.1 Å². The summed E-state index contributed by atoms with van der Waals surface area (Å²) in [6, 6.07) is 13.1. The van der Waals surface area contributed by atoms with Crippen LogP contribution >= 0.6 is 23.2 Å². The number of morpholine rings is 1. The van der Waals surface area contributed by atoms with Crippen LogP contribution in [0.2, 0.25) is 10.0 Å². The highest BCUT2D eigenvalue weighted by atomic mass is 35.5. The van der Waals surface area contributed by atoms with Crippen LogP contribution in [0.4, 0.5) is 5.69 Å². The molecule has 0 unspecified atom stereocenters. The first-order valence-electron chi connectivity index (χ1n) is 8.37. The van der Waals surface area contributed by atoms with Crippen LogP contribution in [-0.4, -0.2) is 41.7 Å². The van der Waals surface area contributed by atoms with E-state index in [1.165, 1.54) is 17.7 Å². The maximum Gasteiger partial charge on any atom is 0.227 e. The van der Waals surface area contributed by atoms with E-state index in [1.54, 1.807) is 0 Å². The molecule has 1 saturated heterocycles. The van der Waals surface area contributed by atoms with E-state index in [0.717, 1.165) is 13.1 Å². The molecule has 0 spiro atoms. The SMILES string of the molecule is O=C(C[C@H]1CN(Cc2ccccc2)CCO1)Nc1cc(Cl)cc(Cl)c1O. The molecule has 1 aliphatic rings. The van der Waals surface area contributed by atoms with Crippen molar-refractivity contribution in [1.82, 2.24) is 4.90 Å². The number of phenols is 1. The van der Waals surface area contributed by atoms with Crippen molar-refractivity contribution in [2.24, 2.45) is 0 Å². The number of nitrogens with one attached hydrogen (secondary N) is 1. The zero-order chi connectivity index (χ0) is 18.5. The van der Waals surface area contributed by atoms with Crippen molar-refractivity contribution >= 4 is 34.8 Å². The fourth-order valence-corrected chi connectivity index (χ4v) is 3.45. The fraction of sp³-hybridized carbons (Fsp3) is 0.316. The summed E-state index contributed by atoms with van der Waals surface area (Å²) in [6.45, 7) is 2.91. The number of benzene rings is 2. The van der Waals surface area contributed by atoms with Crippen molar-refractivity contribution in [3.05, 3.63) is 58.1 Å². The summed E-state index contributed by atoms with van der Waals surface area (Å²) in [5.41, 5.74) is 1.43. The molecule has 3 rings (SSSR count). The summed E-state index contributed by atoms with van der Waals surface area (Å²) in [7, 11) is 0. The van der Waals surface area contributed by atoms with E-state index in [9.17, 15) is 9.90 Å². The molecule has 1 atom stereocenters. The van der Waals surface area contributed by atoms with Gasteiger partial charge in [0, 0.05) is 24.7 Å². The molecule has 2 aromatic carbocycles. The number of amides is 1. The van der Waals surface area contributed by atoms with E-state index in [-0.39, 0.29) is 34.9 Å². The zero-order valence-electron chi connectivity index (χ0n) is 14.1. The van der Waals surface area contributed by atoms with E-state index in [4.69, 9.17) is 27.9 Å². The van der Waals surface area contributed by atoms with Gasteiger partial charge in [0.1, 0.15) is 0 Å². The Bertz CT molecular complexity index is 771. The van der Waals surface area contributed by atoms with Crippen molar-refractivity contribution in [1.29, 1.82) is 0 Å². The molecule has 1 fully saturated rings. The number of carbonyl (C=O) groups is 1. The third-order valence-corrected chi connectivity index (χ3v) is 4.69. The molecule has 0 aliphatic carbocycles. The lowest BCUT2D eigenvalue weighted by Crippen LogP contribution is -2.43. The predicted molar refractivity (Wildman–Crippen MR) is 103 cm³/mol. The second-order valence-electron chi connectivity index (χ2n) is 6.25. The highest BCUT2D eigenvalue weighted by molar-refractivity contribution is 6.36. The standard InChI is InChI=1S/C19H20Cl2N2O3/c20-14-8-16(21)19(25)17(9-14)22-18(24)10-15-12-23(6-7-26-15)11-13-4-2-1-3-5-13/h1-5,8-9,15,25H,6-7,10-12H2,(H,22,24)/t15-/m0/s1. The van der Waals surface area contributed by atoms with Crippen LogP contribution in [0, 0.1) is 0 Å². The third kappa shape index (κ3) is 5.11. The van der Waals surface area contributed by atoms with Crippen LogP contribution in [0.1, 0.15) is 12.0 Å². The Hall–Kier alpha value is -1.79. The second kappa shape index (κ2) is 8.73. The molecular formula is C19H20Cl2N2O3. The molecular weight excluding hydrogens is 375 g/mol. The molecule has 2 N–H and O–H groups in total. The van der Waals surface area contributed by atoms with E-state index in [1.807, 2.05) is 18.2 Å². The Morgan fingerprint density at radius 3 is 2.81 bits per heavy atom. The van der Waals surface area contributed by atoms with Crippen LogP contribution in [0.3, 0.4) is 0 Å². The summed E-state index contributed by atoms with van der Waals surface area (Å²) in [4.78, 5) is 14.6. The molecule has 26 heavy (non-hydrogen) atoms. The quantitative estimate of drug-likeness (QED) is 0.754. The number of phenolic OH excluding ortho intramolecular Hbond substituents is 1. The number of aromatic hydroxyl groups is 1. The first-order chi connectivity index (χ1) is 12.5. The fourth-order valence-electron chi connectivity index (χ4n) is 2.96. The second-order valence-corrected chi connectivity index (χ2v) is 7.09. The Morgan fingerprint density at radius 1 is 1.27 bits per heavy atom. The molecule has 0 saturated carbocycles. The minimum atomic E-state index is -0.259. The van der Waals surface area contributed by atoms with Crippen molar-refractivity contribution in [2.75, 3.05) is 25.0 Å². The lowest BCUT2D eigenvalue weighted by Gasteiger charge is -2.32. The maximum atomic E-state index is 12.3. The number of hydrogen-bond donors (Lipinski definition) is 2. The van der Waals surface area contributed by atoms with E-state index >= 15 is 0 Å². The average molecular weight is 395 g/mol. The van der Waals surface area contributed by atoms with Gasteiger partial charge in [0.25, 0.3) is 0 Å². The largest absolute Gasteiger partial charge is 0.504 e. The molecule has 0 bridgehead atoms. The monoisotopic (exact) mass is 394 g/mol. The lowest BCUT2D eigenvalue weighted by molar-refractivity contribution is -0.121. The van der Waals surface area contributed by atoms with Gasteiger partial charge in [0.05, 0.1) is 29.8 Å². The average Bonchev–Trinajstić information content (AvgIpc) is 2.60. The van der Waals surface area contributed by atoms with Gasteiger partial charge in [-0.2, -0.15) is 0 Å². The van der Waals surface area contributed by atoms with Gasteiger partial charge in [-0.15, -0.1) is 0 Å². The first kappa shape index (κ1) is 19.0. The van der Waals surface area contributed by atoms with Crippen molar-refractivity contribution in [2.45, 2.75) is 19.1 Å². The van der Waals surface area contributed by atoms with Crippen LogP contribution < -0.4 is 5.32 Å². The minimum Gasteiger partial charge on any atom is -0.504 e. The number of hydrogen-bond acceptors (Lipinski definition) is 4. The summed E-state index contributed by atoms with van der Waals surface area (Å²) in [6.07, 6.45) is -0.0150. The van der Waals surface area contributed by atoms with Crippen LogP contribution in [0.25, 0.3) is 0 Å². The summed E-state index contributed by atoms with van der Waals surface area (Å²) >= 11 is 11.8. The highest BCUT2D eigenvalue weighted by Crippen LogP contribution is 2.35. The summed E-state index contributed by atoms with van der Waals surface area (Å²) in [5.74, 6) is -0.454. The van der Waals surface area contributed by atoms with Gasteiger partial charge in [-0.3, -0.25) is 9.69 Å². The predicted octanol–water partition coefficient (Wildman–Crippen LogP) is 3.93. The third-order valence-electron chi connectivity index (χ3n) is 4.19. The van der Waals surface area contributed by atoms with Crippen molar-refractivity contribution < 1.29 is 14.6 Å². The normalized spacial score (nSPS) is 17.8. The minimum absolute atomic E-state index is 0.0933. The van der Waals surface area contributed by atoms with Gasteiger partial charge in [-0.25, -0.2) is 0 Å². The number of ether oxygens (including phenoxy) is 1. The number of carbonyl (C=O) groups excluding carboxylic acids is 1. The van der Waals surface area contributed by atoms with E-state index in [0.29, 0.717) is 18.2 Å². The number of anilines is 1. The number of halogens is 2. The van der Waals surface area contributed by atoms with E-state index < -0.39 is 0 Å². The van der Waals surface area contributed by atoms with Gasteiger partial charge in [-0.1, -0.05) is 53.5 Å². The number of rotatable bonds is 5. The lowest BCUT2D eigenvalue weighted by atomic mass is 10.1. The van der Waals surface area contributed by atoms with Gasteiger partial charge in [-0.05, 0) is 17.7 Å². The molecule has 0 aromatic heterocycles. The topological polar surface area (TPSA) is 61.8 Å². The molecule has 7 heteroatoms. The molecule has 1 amide bonds. The Morgan fingerprint density at radius 2 is 2.04 bits per heavy atom. The van der Waals surface area contributed by atoms with Crippen LogP contribution in [0.5, 0.6) is 5.75 Å². The molecule has 1 aliphatic heterocycles. The summed E-state index contributed by atoms with van der Waals surface area (Å²) < 4.78 is 5.71. The van der Waals surface area contributed by atoms with Gasteiger partial charge >= 0.3 is 0 Å². The van der Waals surface area contributed by atoms with Crippen molar-refractivity contribution in [3.63, 3.8) is 0 Å². The first-order valence-corrected chi connectivity index (χ1v) is 9.12. The molecule has 0 radical (unpaired) electrons. The Kier molecular flexibility index (Phi) is 6.38. The zero-order valence-corrected chi connectivity index (χ0v) is 15.6. The molecule has 2 aromatic rings. The van der Waals surface area contributed by atoms with Crippen LogP contribution in [0.15, 0.2) is 42.5 Å². The molecule has 138 valence electrons. The molecule has 5 nitrogen and oxygen atoms in total. The smallest absolute Gasteiger partial charge is 0.227 e. The summed E-state index contributed by atoms with van der Waals surface area (Å²) in [5, 5.41) is 13.0. The van der Waals surface area contributed by atoms with Gasteiger partial charge in [0.15, 0.2) is 5.75 Å². The van der Waals surface area contributed by atoms with E-state index in [2.05, 4.69) is 22.3 Å². The maximum absolute atomic E-state index is 12.3. The van der Waals surface area contributed by atoms with Gasteiger partial charge in [0.2, 0.25) is 5.91 Å². The molecule has 1 heterocycles. The Balaban J connectivity index is 1.56. The Labute approximate surface area is 162 Å². The van der Waals surface area contributed by atoms with Crippen molar-refractivity contribution in [3.8, 4) is 5.75 Å². The number of nitrogens with zero attached hydrogens (tertiary/aromatic N) is 1.